The quantitative estimate of drug-likeness (QED) is 0.546. The van der Waals surface area contributed by atoms with Crippen molar-refractivity contribution >= 4 is 33.2 Å². The van der Waals surface area contributed by atoms with Gasteiger partial charge >= 0.3 is 0 Å². The third-order valence-electron chi connectivity index (χ3n) is 3.96. The van der Waals surface area contributed by atoms with Crippen molar-refractivity contribution in [1.29, 1.82) is 0 Å². The van der Waals surface area contributed by atoms with Crippen molar-refractivity contribution in [2.24, 2.45) is 0 Å². The van der Waals surface area contributed by atoms with E-state index >= 15 is 0 Å². The zero-order chi connectivity index (χ0) is 18.1. The minimum absolute atomic E-state index is 0.581. The summed E-state index contributed by atoms with van der Waals surface area (Å²) in [7, 11) is 1.67. The smallest absolute Gasteiger partial charge is 0.227 e. The second-order valence-corrected chi connectivity index (χ2v) is 7.03. The molecular weight excluding hydrogens is 344 g/mol. The molecule has 2 aromatic heterocycles. The van der Waals surface area contributed by atoms with Crippen LogP contribution in [-0.2, 0) is 0 Å². The summed E-state index contributed by atoms with van der Waals surface area (Å²) in [6.07, 6.45) is 0. The van der Waals surface area contributed by atoms with E-state index in [9.17, 15) is 0 Å². The molecule has 0 radical (unpaired) electrons. The molecule has 0 aliphatic heterocycles. The first-order valence-electron chi connectivity index (χ1n) is 8.25. The maximum Gasteiger partial charge on any atom is 0.227 e. The molecule has 0 atom stereocenters. The molecule has 0 saturated heterocycles. The van der Waals surface area contributed by atoms with Crippen LogP contribution in [0.15, 0.2) is 48.5 Å². The fraction of sp³-hybridized carbons (Fsp3) is 0.150. The lowest BCUT2D eigenvalue weighted by molar-refractivity contribution is 0.416. The maximum atomic E-state index is 5.61. The Kier molecular flexibility index (Phi) is 4.26. The number of anilines is 2. The van der Waals surface area contributed by atoms with Crippen molar-refractivity contribution in [3.8, 4) is 16.3 Å². The number of fused-ring (bicyclic) bond motifs is 1. The van der Waals surface area contributed by atoms with Crippen molar-refractivity contribution < 1.29 is 4.74 Å². The highest BCUT2D eigenvalue weighted by atomic mass is 32.1. The molecule has 0 unspecified atom stereocenters. The van der Waals surface area contributed by atoms with E-state index in [0.29, 0.717) is 5.95 Å². The third-order valence-corrected chi connectivity index (χ3v) is 5.03. The van der Waals surface area contributed by atoms with E-state index in [1.54, 1.807) is 18.4 Å². The summed E-state index contributed by atoms with van der Waals surface area (Å²) in [4.78, 5) is 13.6. The Hall–Kier alpha value is -2.99. The normalized spacial score (nSPS) is 10.9. The Bertz CT molecular complexity index is 1040. The van der Waals surface area contributed by atoms with E-state index in [-0.39, 0.29) is 0 Å². The van der Waals surface area contributed by atoms with Crippen LogP contribution in [0.25, 0.3) is 20.8 Å². The first-order chi connectivity index (χ1) is 12.6. The van der Waals surface area contributed by atoms with Gasteiger partial charge in [-0.2, -0.15) is 0 Å². The number of para-hydroxylation sites is 1. The third kappa shape index (κ3) is 3.23. The number of rotatable bonds is 4. The number of aryl methyl sites for hydroxylation is 2. The predicted molar refractivity (Wildman–Crippen MR) is 106 cm³/mol. The number of methoxy groups -OCH3 is 1. The number of hydrogen-bond acceptors (Lipinski definition) is 6. The number of nitrogens with one attached hydrogen (secondary N) is 1. The first-order valence-corrected chi connectivity index (χ1v) is 9.07. The van der Waals surface area contributed by atoms with Crippen LogP contribution in [0.2, 0.25) is 0 Å². The summed E-state index contributed by atoms with van der Waals surface area (Å²) in [5.74, 6) is 1.34. The van der Waals surface area contributed by atoms with Gasteiger partial charge in [0.1, 0.15) is 10.8 Å². The number of hydrogen-bond donors (Lipinski definition) is 1. The summed E-state index contributed by atoms with van der Waals surface area (Å²) in [5.41, 5.74) is 4.70. The summed E-state index contributed by atoms with van der Waals surface area (Å²) >= 11 is 1.66. The molecule has 0 aliphatic carbocycles. The summed E-state index contributed by atoms with van der Waals surface area (Å²) in [6, 6.07) is 16.0. The Morgan fingerprint density at radius 2 is 1.69 bits per heavy atom. The second kappa shape index (κ2) is 6.72. The van der Waals surface area contributed by atoms with Gasteiger partial charge in [0.25, 0.3) is 0 Å². The predicted octanol–water partition coefficient (Wildman–Crippen LogP) is 5.12. The highest BCUT2D eigenvalue weighted by Gasteiger charge is 2.12. The number of nitrogens with zero attached hydrogens (tertiary/aromatic N) is 3. The highest BCUT2D eigenvalue weighted by molar-refractivity contribution is 7.21. The van der Waals surface area contributed by atoms with Crippen LogP contribution in [0.4, 0.5) is 11.6 Å². The molecule has 0 amide bonds. The van der Waals surface area contributed by atoms with E-state index in [2.05, 4.69) is 21.4 Å². The Morgan fingerprint density at radius 1 is 0.923 bits per heavy atom. The van der Waals surface area contributed by atoms with Crippen molar-refractivity contribution in [3.63, 3.8) is 0 Å². The van der Waals surface area contributed by atoms with Crippen LogP contribution in [0.1, 0.15) is 11.4 Å². The lowest BCUT2D eigenvalue weighted by Gasteiger charge is -2.11. The van der Waals surface area contributed by atoms with E-state index in [1.165, 1.54) is 0 Å². The molecule has 4 aromatic rings. The maximum absolute atomic E-state index is 5.61. The molecule has 0 spiro atoms. The minimum atomic E-state index is 0.581. The minimum Gasteiger partial charge on any atom is -0.496 e. The SMILES string of the molecule is COc1cc(Nc2nc(C)cc(C)n2)ccc1-c1nc2ccccc2s1. The molecule has 2 heterocycles. The van der Waals surface area contributed by atoms with Crippen LogP contribution in [0, 0.1) is 13.8 Å². The fourth-order valence-electron chi connectivity index (χ4n) is 2.84. The van der Waals surface area contributed by atoms with E-state index in [0.717, 1.165) is 43.6 Å². The van der Waals surface area contributed by atoms with Gasteiger partial charge in [-0.1, -0.05) is 12.1 Å². The van der Waals surface area contributed by atoms with Gasteiger partial charge in [-0.15, -0.1) is 11.3 Å². The van der Waals surface area contributed by atoms with Gasteiger partial charge in [0.05, 0.1) is 22.9 Å². The summed E-state index contributed by atoms with van der Waals surface area (Å²) in [6.45, 7) is 3.91. The summed E-state index contributed by atoms with van der Waals surface area (Å²) in [5, 5.41) is 4.19. The van der Waals surface area contributed by atoms with Crippen LogP contribution in [0.3, 0.4) is 0 Å². The largest absolute Gasteiger partial charge is 0.496 e. The molecule has 6 heteroatoms. The van der Waals surface area contributed by atoms with Crippen molar-refractivity contribution in [3.05, 3.63) is 59.9 Å². The zero-order valence-corrected chi connectivity index (χ0v) is 15.6. The van der Waals surface area contributed by atoms with Gasteiger partial charge in [0, 0.05) is 23.1 Å². The van der Waals surface area contributed by atoms with Crippen molar-refractivity contribution in [2.45, 2.75) is 13.8 Å². The molecule has 26 heavy (non-hydrogen) atoms. The van der Waals surface area contributed by atoms with E-state index in [4.69, 9.17) is 9.72 Å². The average molecular weight is 362 g/mol. The molecule has 0 aliphatic rings. The second-order valence-electron chi connectivity index (χ2n) is 6.00. The Labute approximate surface area is 155 Å². The standard InChI is InChI=1S/C20H18N4OS/c1-12-10-13(2)22-20(21-12)23-14-8-9-15(17(11-14)25-3)19-24-16-6-4-5-7-18(16)26-19/h4-11H,1-3H3,(H,21,22,23). The van der Waals surface area contributed by atoms with Gasteiger partial charge in [0.15, 0.2) is 0 Å². The van der Waals surface area contributed by atoms with Gasteiger partial charge in [-0.25, -0.2) is 15.0 Å². The molecule has 0 fully saturated rings. The molecule has 4 rings (SSSR count). The number of ether oxygens (including phenoxy) is 1. The van der Waals surface area contributed by atoms with Gasteiger partial charge in [0.2, 0.25) is 5.95 Å². The van der Waals surface area contributed by atoms with Crippen molar-refractivity contribution in [1.82, 2.24) is 15.0 Å². The van der Waals surface area contributed by atoms with Gasteiger partial charge < -0.3 is 10.1 Å². The molecule has 130 valence electrons. The molecule has 2 aromatic carbocycles. The zero-order valence-electron chi connectivity index (χ0n) is 14.8. The topological polar surface area (TPSA) is 59.9 Å². The van der Waals surface area contributed by atoms with Crippen LogP contribution >= 0.6 is 11.3 Å². The van der Waals surface area contributed by atoms with Crippen molar-refractivity contribution in [2.75, 3.05) is 12.4 Å². The van der Waals surface area contributed by atoms with Crippen LogP contribution in [0.5, 0.6) is 5.75 Å². The molecule has 1 N–H and O–H groups in total. The van der Waals surface area contributed by atoms with Gasteiger partial charge in [-0.3, -0.25) is 0 Å². The van der Waals surface area contributed by atoms with Gasteiger partial charge in [-0.05, 0) is 44.2 Å². The fourth-order valence-corrected chi connectivity index (χ4v) is 3.84. The highest BCUT2D eigenvalue weighted by Crippen LogP contribution is 2.37. The monoisotopic (exact) mass is 362 g/mol. The molecule has 0 saturated carbocycles. The Balaban J connectivity index is 1.69. The first kappa shape index (κ1) is 16.5. The molecule has 5 nitrogen and oxygen atoms in total. The Morgan fingerprint density at radius 3 is 2.42 bits per heavy atom. The summed E-state index contributed by atoms with van der Waals surface area (Å²) < 4.78 is 6.77. The van der Waals surface area contributed by atoms with Crippen LogP contribution in [-0.4, -0.2) is 22.1 Å². The number of thiazole rings is 1. The number of aromatic nitrogens is 3. The average Bonchev–Trinajstić information content (AvgIpc) is 3.04. The number of benzene rings is 2. The van der Waals surface area contributed by atoms with E-state index in [1.807, 2.05) is 56.3 Å². The van der Waals surface area contributed by atoms with Crippen LogP contribution < -0.4 is 10.1 Å². The lowest BCUT2D eigenvalue weighted by Crippen LogP contribution is -2.00. The van der Waals surface area contributed by atoms with E-state index < -0.39 is 0 Å². The molecule has 0 bridgehead atoms. The molecular formula is C20H18N4OS. The lowest BCUT2D eigenvalue weighted by atomic mass is 10.2.